The molecule has 0 bridgehead atoms. The van der Waals surface area contributed by atoms with E-state index in [0.717, 1.165) is 0 Å². The minimum Gasteiger partial charge on any atom is -0.462 e. The number of hydrogen-bond acceptors (Lipinski definition) is 6. The molecule has 10 heteroatoms. The molecule has 0 saturated carbocycles. The normalized spacial score (nSPS) is 11.3. The Labute approximate surface area is 139 Å². The Balaban J connectivity index is 0. The van der Waals surface area contributed by atoms with Gasteiger partial charge in [0.1, 0.15) is 19.4 Å². The first-order valence-electron chi connectivity index (χ1n) is 6.63. The summed E-state index contributed by atoms with van der Waals surface area (Å²) < 4.78 is 11.4. The number of H-pyrrole nitrogens is 1. The van der Waals surface area contributed by atoms with Gasteiger partial charge in [-0.1, -0.05) is 13.8 Å². The van der Waals surface area contributed by atoms with E-state index in [1.54, 1.807) is 6.92 Å². The average Bonchev–Trinajstić information content (AvgIpc) is 2.42. The van der Waals surface area contributed by atoms with Gasteiger partial charge in [-0.3, -0.25) is 19.1 Å². The van der Waals surface area contributed by atoms with E-state index in [2.05, 4.69) is 4.98 Å². The van der Waals surface area contributed by atoms with Crippen LogP contribution in [0.2, 0.25) is 0 Å². The van der Waals surface area contributed by atoms with Crippen molar-refractivity contribution in [3.05, 3.63) is 32.6 Å². The number of aromatic nitrogens is 2. The number of carbonyl (C=O) groups excluding carboxylic acids is 1. The fraction of sp³-hybridized carbons (Fsp3) is 0.615. The number of nitrogens with zero attached hydrogens (tertiary/aromatic N) is 1. The Hall–Kier alpha value is -1.68. The molecule has 1 aromatic heterocycles. The van der Waals surface area contributed by atoms with Gasteiger partial charge in [-0.25, -0.2) is 4.79 Å². The zero-order chi connectivity index (χ0) is 16.0. The lowest BCUT2D eigenvalue weighted by Crippen LogP contribution is -2.37. The predicted octanol–water partition coefficient (Wildman–Crippen LogP) is -1.06. The molecule has 134 valence electrons. The first-order valence-corrected chi connectivity index (χ1v) is 6.63. The van der Waals surface area contributed by atoms with Crippen LogP contribution < -0.4 is 17.0 Å². The van der Waals surface area contributed by atoms with Crippen molar-refractivity contribution in [3.8, 4) is 0 Å². The van der Waals surface area contributed by atoms with Crippen molar-refractivity contribution in [3.63, 3.8) is 0 Å². The molecule has 0 fully saturated rings. The molecule has 0 radical (unpaired) electrons. The number of ether oxygens (including phenoxy) is 2. The van der Waals surface area contributed by atoms with Crippen molar-refractivity contribution < 1.29 is 19.7 Å². The first-order chi connectivity index (χ1) is 9.82. The molecule has 1 aromatic rings. The summed E-state index contributed by atoms with van der Waals surface area (Å²) in [5.41, 5.74) is 5.06. The van der Waals surface area contributed by atoms with Crippen molar-refractivity contribution in [2.24, 2.45) is 11.7 Å². The highest BCUT2D eigenvalue weighted by Crippen LogP contribution is 2.00. The van der Waals surface area contributed by atoms with Crippen LogP contribution in [0.5, 0.6) is 0 Å². The van der Waals surface area contributed by atoms with Gasteiger partial charge in [0.2, 0.25) is 0 Å². The zero-order valence-electron chi connectivity index (χ0n) is 13.3. The third-order valence-electron chi connectivity index (χ3n) is 2.88. The van der Waals surface area contributed by atoms with Gasteiger partial charge >= 0.3 is 11.7 Å². The molecule has 1 atom stereocenters. The number of carbonyl (C=O) groups is 1. The molecule has 0 aliphatic rings. The number of hydrogen-bond donors (Lipinski definition) is 2. The van der Waals surface area contributed by atoms with Gasteiger partial charge in [0.25, 0.3) is 5.56 Å². The van der Waals surface area contributed by atoms with Crippen LogP contribution in [0.25, 0.3) is 0 Å². The Morgan fingerprint density at radius 1 is 1.35 bits per heavy atom. The molecule has 0 aliphatic heterocycles. The summed E-state index contributed by atoms with van der Waals surface area (Å²) >= 11 is 0. The summed E-state index contributed by atoms with van der Waals surface area (Å²) in [6.45, 7) is 5.38. The quantitative estimate of drug-likeness (QED) is 0.471. The second-order valence-corrected chi connectivity index (χ2v) is 5.02. The molecule has 1 rings (SSSR count). The third-order valence-corrected chi connectivity index (χ3v) is 2.88. The lowest BCUT2D eigenvalue weighted by Gasteiger charge is -2.14. The van der Waals surface area contributed by atoms with Crippen molar-refractivity contribution in [2.75, 3.05) is 13.2 Å². The monoisotopic (exact) mass is 353 g/mol. The second-order valence-electron chi connectivity index (χ2n) is 5.02. The smallest absolute Gasteiger partial charge is 0.330 e. The molecule has 23 heavy (non-hydrogen) atoms. The van der Waals surface area contributed by atoms with Crippen LogP contribution in [-0.2, 0) is 21.0 Å². The van der Waals surface area contributed by atoms with E-state index in [1.165, 1.54) is 10.8 Å². The summed E-state index contributed by atoms with van der Waals surface area (Å²) in [5, 5.41) is 0. The third kappa shape index (κ3) is 7.42. The van der Waals surface area contributed by atoms with E-state index < -0.39 is 23.3 Å². The Morgan fingerprint density at radius 2 is 1.96 bits per heavy atom. The number of aryl methyl sites for hydroxylation is 1. The van der Waals surface area contributed by atoms with Gasteiger partial charge in [-0.05, 0) is 12.8 Å². The van der Waals surface area contributed by atoms with Gasteiger partial charge in [-0.2, -0.15) is 0 Å². The maximum atomic E-state index is 11.5. The predicted molar refractivity (Wildman–Crippen MR) is 86.6 cm³/mol. The van der Waals surface area contributed by atoms with Crippen LogP contribution in [0, 0.1) is 12.8 Å². The summed E-state index contributed by atoms with van der Waals surface area (Å²) in [7, 11) is 0. The fourth-order valence-electron chi connectivity index (χ4n) is 1.45. The standard InChI is InChI=1S/C13H21N3O5.ClH.H2O/c1-8(2)10(14)12(18)21-5-4-20-7-16-6-9(3)11(17)15-13(16)19;;/h6,8,10H,4-5,7,14H2,1-3H3,(H,15,17,19);1H;1H2/t10-;;/m0../s1. The van der Waals surface area contributed by atoms with Crippen LogP contribution in [-0.4, -0.2) is 40.3 Å². The summed E-state index contributed by atoms with van der Waals surface area (Å²) in [4.78, 5) is 36.3. The van der Waals surface area contributed by atoms with Gasteiger partial charge < -0.3 is 20.7 Å². The van der Waals surface area contributed by atoms with Crippen molar-refractivity contribution in [1.29, 1.82) is 0 Å². The molecule has 0 aliphatic carbocycles. The van der Waals surface area contributed by atoms with Crippen LogP contribution in [0.3, 0.4) is 0 Å². The van der Waals surface area contributed by atoms with Crippen LogP contribution >= 0.6 is 12.4 Å². The van der Waals surface area contributed by atoms with Crippen molar-refractivity contribution in [1.82, 2.24) is 9.55 Å². The number of rotatable bonds is 7. The van der Waals surface area contributed by atoms with Crippen LogP contribution in [0.1, 0.15) is 19.4 Å². The van der Waals surface area contributed by atoms with E-state index >= 15 is 0 Å². The lowest BCUT2D eigenvalue weighted by atomic mass is 10.1. The van der Waals surface area contributed by atoms with Gasteiger partial charge in [0.05, 0.1) is 6.61 Å². The highest BCUT2D eigenvalue weighted by Gasteiger charge is 2.18. The van der Waals surface area contributed by atoms with Gasteiger partial charge in [0.15, 0.2) is 0 Å². The van der Waals surface area contributed by atoms with Gasteiger partial charge in [0, 0.05) is 11.8 Å². The number of nitrogens with two attached hydrogens (primary N) is 1. The minimum absolute atomic E-state index is 0. The number of esters is 1. The van der Waals surface area contributed by atoms with E-state index in [1.807, 2.05) is 13.8 Å². The summed E-state index contributed by atoms with van der Waals surface area (Å²) in [6, 6.07) is -0.658. The Morgan fingerprint density at radius 3 is 2.52 bits per heavy atom. The number of aromatic amines is 1. The highest BCUT2D eigenvalue weighted by atomic mass is 35.5. The van der Waals surface area contributed by atoms with Crippen LogP contribution in [0.15, 0.2) is 15.8 Å². The zero-order valence-corrected chi connectivity index (χ0v) is 14.1. The summed E-state index contributed by atoms with van der Waals surface area (Å²) in [5.74, 6) is -0.480. The number of nitrogens with one attached hydrogen (secondary N) is 1. The maximum Gasteiger partial charge on any atom is 0.330 e. The topological polar surface area (TPSA) is 148 Å². The molecule has 0 saturated heterocycles. The molecule has 0 aromatic carbocycles. The van der Waals surface area contributed by atoms with Crippen molar-refractivity contribution >= 4 is 18.4 Å². The molecule has 0 amide bonds. The molecule has 9 nitrogen and oxygen atoms in total. The fourth-order valence-corrected chi connectivity index (χ4v) is 1.45. The summed E-state index contributed by atoms with van der Waals surface area (Å²) in [6.07, 6.45) is 1.40. The molecular formula is C13H24ClN3O6. The average molecular weight is 354 g/mol. The van der Waals surface area contributed by atoms with Crippen LogP contribution in [0.4, 0.5) is 0 Å². The first kappa shape index (κ1) is 23.6. The van der Waals surface area contributed by atoms with E-state index in [9.17, 15) is 14.4 Å². The van der Waals surface area contributed by atoms with Gasteiger partial charge in [-0.15, -0.1) is 12.4 Å². The second kappa shape index (κ2) is 10.9. The van der Waals surface area contributed by atoms with E-state index in [-0.39, 0.29) is 43.7 Å². The molecular weight excluding hydrogens is 330 g/mol. The Bertz CT molecular complexity index is 598. The molecule has 0 unspecified atom stereocenters. The Kier molecular flexibility index (Phi) is 11.2. The SMILES string of the molecule is Cc1cn(COCCOC(=O)[C@@H](N)C(C)C)c(=O)[nH]c1=O.Cl.O. The molecule has 5 N–H and O–H groups in total. The molecule has 0 spiro atoms. The van der Waals surface area contributed by atoms with Crippen molar-refractivity contribution in [2.45, 2.75) is 33.5 Å². The minimum atomic E-state index is -0.658. The molecule has 1 heterocycles. The maximum absolute atomic E-state index is 11.5. The highest BCUT2D eigenvalue weighted by molar-refractivity contribution is 5.85. The number of halogens is 1. The largest absolute Gasteiger partial charge is 0.462 e. The van der Waals surface area contributed by atoms with E-state index in [4.69, 9.17) is 15.2 Å². The lowest BCUT2D eigenvalue weighted by molar-refractivity contribution is -0.148. The van der Waals surface area contributed by atoms with E-state index in [0.29, 0.717) is 5.56 Å².